The largest absolute Gasteiger partial charge is 0.480 e. The maximum atomic E-state index is 13.2. The number of hydrogen-bond acceptors (Lipinski definition) is 4. The second kappa shape index (κ2) is 10.5. The molecule has 1 atom stereocenters. The summed E-state index contributed by atoms with van der Waals surface area (Å²) < 4.78 is 5.58. The lowest BCUT2D eigenvalue weighted by molar-refractivity contribution is -0.157. The number of fused-ring (bicyclic) bond motifs is 3. The normalized spacial score (nSPS) is 13.4. The Balaban J connectivity index is 1.73. The fourth-order valence-electron chi connectivity index (χ4n) is 4.45. The van der Waals surface area contributed by atoms with Crippen molar-refractivity contribution >= 4 is 18.0 Å². The van der Waals surface area contributed by atoms with Crippen molar-refractivity contribution in [3.05, 3.63) is 72.3 Å². The molecule has 0 radical (unpaired) electrons. The quantitative estimate of drug-likeness (QED) is 0.502. The average molecular weight is 465 g/mol. The highest BCUT2D eigenvalue weighted by molar-refractivity contribution is 5.91. The fourth-order valence-corrected chi connectivity index (χ4v) is 4.45. The summed E-state index contributed by atoms with van der Waals surface area (Å²) in [4.78, 5) is 38.9. The first-order valence-corrected chi connectivity index (χ1v) is 11.5. The highest BCUT2D eigenvalue weighted by Crippen LogP contribution is 2.44. The molecule has 1 aliphatic carbocycles. The predicted molar refractivity (Wildman–Crippen MR) is 131 cm³/mol. The molecule has 2 aromatic carbocycles. The monoisotopic (exact) mass is 464 g/mol. The minimum Gasteiger partial charge on any atom is -0.480 e. The second-order valence-corrected chi connectivity index (χ2v) is 8.84. The van der Waals surface area contributed by atoms with Crippen LogP contribution < -0.4 is 5.32 Å². The number of ether oxygens (including phenoxy) is 1. The first-order valence-electron chi connectivity index (χ1n) is 11.5. The summed E-state index contributed by atoms with van der Waals surface area (Å²) in [5.74, 6) is -1.69. The van der Waals surface area contributed by atoms with E-state index < -0.39 is 29.6 Å². The summed E-state index contributed by atoms with van der Waals surface area (Å²) in [6.45, 7) is 8.64. The Labute approximate surface area is 200 Å². The maximum Gasteiger partial charge on any atom is 0.407 e. The Bertz CT molecular complexity index is 1030. The number of benzene rings is 2. The van der Waals surface area contributed by atoms with Gasteiger partial charge < -0.3 is 20.1 Å². The lowest BCUT2D eigenvalue weighted by Gasteiger charge is -2.36. The molecule has 2 amide bonds. The zero-order chi connectivity index (χ0) is 24.9. The Morgan fingerprint density at radius 2 is 1.68 bits per heavy atom. The van der Waals surface area contributed by atoms with Crippen LogP contribution in [-0.4, -0.2) is 52.7 Å². The maximum absolute atomic E-state index is 13.2. The minimum atomic E-state index is -1.42. The molecule has 34 heavy (non-hydrogen) atoms. The van der Waals surface area contributed by atoms with Crippen LogP contribution in [0.25, 0.3) is 11.1 Å². The summed E-state index contributed by atoms with van der Waals surface area (Å²) >= 11 is 0. The second-order valence-electron chi connectivity index (χ2n) is 8.84. The number of nitrogens with zero attached hydrogens (tertiary/aromatic N) is 1. The number of carbonyl (C=O) groups excluding carboxylic acids is 2. The van der Waals surface area contributed by atoms with Gasteiger partial charge >= 0.3 is 12.1 Å². The van der Waals surface area contributed by atoms with Gasteiger partial charge in [0.1, 0.15) is 18.2 Å². The van der Waals surface area contributed by atoms with Gasteiger partial charge in [0.2, 0.25) is 5.91 Å². The van der Waals surface area contributed by atoms with Crippen LogP contribution >= 0.6 is 0 Å². The van der Waals surface area contributed by atoms with E-state index in [1.807, 2.05) is 36.4 Å². The minimum absolute atomic E-state index is 0.0986. The molecule has 7 nitrogen and oxygen atoms in total. The first kappa shape index (κ1) is 25.0. The van der Waals surface area contributed by atoms with Crippen molar-refractivity contribution < 1.29 is 24.2 Å². The van der Waals surface area contributed by atoms with E-state index in [4.69, 9.17) is 4.74 Å². The Morgan fingerprint density at radius 1 is 1.12 bits per heavy atom. The lowest BCUT2D eigenvalue weighted by atomic mass is 9.98. The molecule has 0 spiro atoms. The van der Waals surface area contributed by atoms with E-state index in [1.54, 1.807) is 13.0 Å². The Kier molecular flexibility index (Phi) is 7.76. The number of carboxylic acid groups (broad SMARTS) is 1. The topological polar surface area (TPSA) is 95.9 Å². The van der Waals surface area contributed by atoms with Crippen molar-refractivity contribution in [2.45, 2.75) is 51.1 Å². The number of allylic oxidation sites excluding steroid dienone is 1. The fraction of sp³-hybridized carbons (Fsp3) is 0.370. The predicted octanol–water partition coefficient (Wildman–Crippen LogP) is 4.57. The van der Waals surface area contributed by atoms with Crippen LogP contribution in [0.5, 0.6) is 0 Å². The van der Waals surface area contributed by atoms with Gasteiger partial charge in [-0.05, 0) is 55.9 Å². The van der Waals surface area contributed by atoms with Gasteiger partial charge in [-0.1, -0.05) is 54.6 Å². The van der Waals surface area contributed by atoms with Gasteiger partial charge in [-0.15, -0.1) is 6.58 Å². The van der Waals surface area contributed by atoms with Gasteiger partial charge in [-0.2, -0.15) is 0 Å². The van der Waals surface area contributed by atoms with Crippen LogP contribution in [0.15, 0.2) is 61.2 Å². The van der Waals surface area contributed by atoms with Crippen molar-refractivity contribution in [3.8, 4) is 11.1 Å². The van der Waals surface area contributed by atoms with E-state index in [0.29, 0.717) is 12.8 Å². The molecule has 0 aliphatic heterocycles. The summed E-state index contributed by atoms with van der Waals surface area (Å²) in [6.07, 6.45) is 1.70. The van der Waals surface area contributed by atoms with E-state index in [9.17, 15) is 19.5 Å². The number of rotatable bonds is 10. The van der Waals surface area contributed by atoms with Gasteiger partial charge in [0.05, 0.1) is 0 Å². The average Bonchev–Trinajstić information content (AvgIpc) is 3.14. The number of alkyl carbamates (subject to hydrolysis) is 1. The van der Waals surface area contributed by atoms with Crippen molar-refractivity contribution in [1.82, 2.24) is 10.2 Å². The molecule has 7 heteroatoms. The van der Waals surface area contributed by atoms with Crippen molar-refractivity contribution in [3.63, 3.8) is 0 Å². The van der Waals surface area contributed by atoms with Gasteiger partial charge in [-0.25, -0.2) is 9.59 Å². The summed E-state index contributed by atoms with van der Waals surface area (Å²) in [5, 5.41) is 12.2. The summed E-state index contributed by atoms with van der Waals surface area (Å²) in [7, 11) is 0. The zero-order valence-corrected chi connectivity index (χ0v) is 19.9. The molecule has 3 rings (SSSR count). The molecule has 0 heterocycles. The number of hydrogen-bond donors (Lipinski definition) is 2. The van der Waals surface area contributed by atoms with Crippen LogP contribution in [0.4, 0.5) is 4.79 Å². The van der Waals surface area contributed by atoms with Gasteiger partial charge in [0, 0.05) is 12.5 Å². The van der Waals surface area contributed by atoms with Gasteiger partial charge in [0.25, 0.3) is 0 Å². The SMILES string of the molecule is C=CCCC(NC(=O)OCC1c2ccccc2-c2ccccc21)C(=O)N(CC)C(C)(C)C(=O)O. The van der Waals surface area contributed by atoms with Crippen LogP contribution in [0.1, 0.15) is 50.7 Å². The van der Waals surface area contributed by atoms with Crippen molar-refractivity contribution in [2.24, 2.45) is 0 Å². The number of aliphatic carboxylic acids is 1. The molecule has 180 valence electrons. The third kappa shape index (κ3) is 4.98. The molecule has 0 bridgehead atoms. The highest BCUT2D eigenvalue weighted by Gasteiger charge is 2.40. The number of amides is 2. The third-order valence-corrected chi connectivity index (χ3v) is 6.37. The molecular weight excluding hydrogens is 432 g/mol. The zero-order valence-electron chi connectivity index (χ0n) is 19.9. The molecule has 2 aromatic rings. The van der Waals surface area contributed by atoms with E-state index in [2.05, 4.69) is 24.0 Å². The van der Waals surface area contributed by atoms with E-state index >= 15 is 0 Å². The summed E-state index contributed by atoms with van der Waals surface area (Å²) in [5.41, 5.74) is 3.02. The molecule has 2 N–H and O–H groups in total. The standard InChI is InChI=1S/C27H32N2O5/c1-5-7-16-23(24(30)29(6-2)27(3,4)25(31)32)28-26(33)34-17-22-20-14-10-8-12-18(20)19-13-9-11-15-21(19)22/h5,8-15,22-23H,1,6-7,16-17H2,2-4H3,(H,28,33)(H,31,32). The molecular formula is C27H32N2O5. The van der Waals surface area contributed by atoms with Crippen molar-refractivity contribution in [1.29, 1.82) is 0 Å². The molecule has 0 saturated heterocycles. The number of carbonyl (C=O) groups is 3. The van der Waals surface area contributed by atoms with E-state index in [-0.39, 0.29) is 19.1 Å². The van der Waals surface area contributed by atoms with Gasteiger partial charge in [0.15, 0.2) is 0 Å². The van der Waals surface area contributed by atoms with Crippen LogP contribution in [-0.2, 0) is 14.3 Å². The van der Waals surface area contributed by atoms with Crippen LogP contribution in [0, 0.1) is 0 Å². The first-order chi connectivity index (χ1) is 16.2. The molecule has 0 fully saturated rings. The van der Waals surface area contributed by atoms with Crippen LogP contribution in [0.2, 0.25) is 0 Å². The molecule has 0 aromatic heterocycles. The number of likely N-dealkylation sites (N-methyl/N-ethyl adjacent to an activating group) is 1. The molecule has 1 unspecified atom stereocenters. The smallest absolute Gasteiger partial charge is 0.407 e. The van der Waals surface area contributed by atoms with Crippen molar-refractivity contribution in [2.75, 3.05) is 13.2 Å². The van der Waals surface area contributed by atoms with Gasteiger partial charge in [-0.3, -0.25) is 4.79 Å². The Hall–Kier alpha value is -3.61. The van der Waals surface area contributed by atoms with E-state index in [0.717, 1.165) is 22.3 Å². The molecule has 0 saturated carbocycles. The summed E-state index contributed by atoms with van der Waals surface area (Å²) in [6, 6.07) is 15.2. The van der Waals surface area contributed by atoms with Crippen LogP contribution in [0.3, 0.4) is 0 Å². The van der Waals surface area contributed by atoms with E-state index in [1.165, 1.54) is 18.7 Å². The number of carboxylic acids is 1. The number of nitrogens with one attached hydrogen (secondary N) is 1. The molecule has 1 aliphatic rings. The Morgan fingerprint density at radius 3 is 2.18 bits per heavy atom. The third-order valence-electron chi connectivity index (χ3n) is 6.37. The highest BCUT2D eigenvalue weighted by atomic mass is 16.5. The lowest BCUT2D eigenvalue weighted by Crippen LogP contribution is -2.58.